The minimum atomic E-state index is -0.775. The normalized spacial score (nSPS) is 11.7. The SMILES string of the molecule is COc1ccc(CSCC(=O)N(Cc2ccccc2F)C(Cc2ccccc2)C(=O)NC(C)C)cc1. The molecule has 0 aromatic heterocycles. The lowest BCUT2D eigenvalue weighted by molar-refractivity contribution is -0.139. The molecule has 0 saturated heterocycles. The van der Waals surface area contributed by atoms with Crippen molar-refractivity contribution in [2.75, 3.05) is 12.9 Å². The first-order valence-corrected chi connectivity index (χ1v) is 13.1. The third-order valence-electron chi connectivity index (χ3n) is 5.65. The van der Waals surface area contributed by atoms with Crippen LogP contribution in [0.5, 0.6) is 5.75 Å². The van der Waals surface area contributed by atoms with Gasteiger partial charge in [-0.15, -0.1) is 11.8 Å². The van der Waals surface area contributed by atoms with E-state index in [2.05, 4.69) is 5.32 Å². The fraction of sp³-hybridized carbons (Fsp3) is 0.310. The van der Waals surface area contributed by atoms with Crippen molar-refractivity contribution in [2.24, 2.45) is 0 Å². The van der Waals surface area contributed by atoms with Crippen molar-refractivity contribution in [3.8, 4) is 5.75 Å². The highest BCUT2D eigenvalue weighted by molar-refractivity contribution is 7.99. The molecule has 0 heterocycles. The van der Waals surface area contributed by atoms with Gasteiger partial charge in [0.1, 0.15) is 17.6 Å². The molecular formula is C29H33FN2O3S. The summed E-state index contributed by atoms with van der Waals surface area (Å²) in [5.41, 5.74) is 2.37. The zero-order valence-electron chi connectivity index (χ0n) is 20.9. The van der Waals surface area contributed by atoms with E-state index in [0.29, 0.717) is 17.7 Å². The number of nitrogens with zero attached hydrogens (tertiary/aromatic N) is 1. The van der Waals surface area contributed by atoms with E-state index >= 15 is 0 Å². The first kappa shape index (κ1) is 27.3. The minimum absolute atomic E-state index is 0.0115. The van der Waals surface area contributed by atoms with Crippen molar-refractivity contribution in [3.05, 3.63) is 101 Å². The summed E-state index contributed by atoms with van der Waals surface area (Å²) in [6.45, 7) is 3.77. The first-order valence-electron chi connectivity index (χ1n) is 11.9. The van der Waals surface area contributed by atoms with Crippen LogP contribution in [0.3, 0.4) is 0 Å². The molecule has 0 spiro atoms. The number of nitrogens with one attached hydrogen (secondary N) is 1. The predicted octanol–water partition coefficient (Wildman–Crippen LogP) is 5.23. The van der Waals surface area contributed by atoms with Crippen molar-refractivity contribution < 1.29 is 18.7 Å². The Hall–Kier alpha value is -3.32. The van der Waals surface area contributed by atoms with Crippen LogP contribution in [0, 0.1) is 5.82 Å². The summed E-state index contributed by atoms with van der Waals surface area (Å²) in [7, 11) is 1.62. The average Bonchev–Trinajstić information content (AvgIpc) is 2.87. The Labute approximate surface area is 217 Å². The largest absolute Gasteiger partial charge is 0.497 e. The summed E-state index contributed by atoms with van der Waals surface area (Å²) in [5.74, 6) is 0.709. The number of halogens is 1. The van der Waals surface area contributed by atoms with Crippen LogP contribution in [0.1, 0.15) is 30.5 Å². The van der Waals surface area contributed by atoms with E-state index in [9.17, 15) is 14.0 Å². The maximum absolute atomic E-state index is 14.6. The monoisotopic (exact) mass is 508 g/mol. The van der Waals surface area contributed by atoms with Crippen LogP contribution in [0.2, 0.25) is 0 Å². The van der Waals surface area contributed by atoms with Gasteiger partial charge in [0.2, 0.25) is 11.8 Å². The van der Waals surface area contributed by atoms with E-state index in [-0.39, 0.29) is 30.2 Å². The standard InChI is InChI=1S/C29H33FN2O3S/c1-21(2)31-29(34)27(17-22-9-5-4-6-10-22)32(18-24-11-7-8-12-26(24)30)28(33)20-36-19-23-13-15-25(35-3)16-14-23/h4-16,21,27H,17-20H2,1-3H3,(H,31,34). The third-order valence-corrected chi connectivity index (χ3v) is 6.64. The molecule has 7 heteroatoms. The molecule has 36 heavy (non-hydrogen) atoms. The van der Waals surface area contributed by atoms with Crippen LogP contribution in [0.4, 0.5) is 4.39 Å². The number of methoxy groups -OCH3 is 1. The molecular weight excluding hydrogens is 475 g/mol. The molecule has 0 fully saturated rings. The van der Waals surface area contributed by atoms with E-state index in [1.807, 2.05) is 68.4 Å². The lowest BCUT2D eigenvalue weighted by Gasteiger charge is -2.32. The van der Waals surface area contributed by atoms with Gasteiger partial charge in [-0.3, -0.25) is 9.59 Å². The number of hydrogen-bond acceptors (Lipinski definition) is 4. The van der Waals surface area contributed by atoms with Gasteiger partial charge < -0.3 is 15.0 Å². The fourth-order valence-electron chi connectivity index (χ4n) is 3.81. The van der Waals surface area contributed by atoms with E-state index in [4.69, 9.17) is 4.74 Å². The summed E-state index contributed by atoms with van der Waals surface area (Å²) >= 11 is 1.46. The zero-order chi connectivity index (χ0) is 25.9. The number of carbonyl (C=O) groups is 2. The number of carbonyl (C=O) groups excluding carboxylic acids is 2. The van der Waals surface area contributed by atoms with Crippen LogP contribution in [0.25, 0.3) is 0 Å². The van der Waals surface area contributed by atoms with Crippen LogP contribution < -0.4 is 10.1 Å². The smallest absolute Gasteiger partial charge is 0.243 e. The summed E-state index contributed by atoms with van der Waals surface area (Å²) < 4.78 is 19.8. The summed E-state index contributed by atoms with van der Waals surface area (Å²) in [5, 5.41) is 2.95. The molecule has 0 radical (unpaired) electrons. The third kappa shape index (κ3) is 8.12. The molecule has 3 aromatic carbocycles. The molecule has 1 atom stereocenters. The van der Waals surface area contributed by atoms with Gasteiger partial charge >= 0.3 is 0 Å². The van der Waals surface area contributed by atoms with Crippen molar-refractivity contribution in [2.45, 2.75) is 44.6 Å². The fourth-order valence-corrected chi connectivity index (χ4v) is 4.68. The van der Waals surface area contributed by atoms with Crippen molar-refractivity contribution in [3.63, 3.8) is 0 Å². The first-order chi connectivity index (χ1) is 17.4. The van der Waals surface area contributed by atoms with Crippen LogP contribution in [-0.4, -0.2) is 41.7 Å². The second-order valence-corrected chi connectivity index (χ2v) is 9.81. The highest BCUT2D eigenvalue weighted by atomic mass is 32.2. The van der Waals surface area contributed by atoms with Gasteiger partial charge in [0.15, 0.2) is 0 Å². The maximum Gasteiger partial charge on any atom is 0.243 e. The van der Waals surface area contributed by atoms with Crippen molar-refractivity contribution in [1.82, 2.24) is 10.2 Å². The van der Waals surface area contributed by atoms with E-state index in [0.717, 1.165) is 16.9 Å². The molecule has 3 rings (SSSR count). The van der Waals surface area contributed by atoms with Crippen molar-refractivity contribution in [1.29, 1.82) is 0 Å². The molecule has 2 amide bonds. The van der Waals surface area contributed by atoms with Gasteiger partial charge in [0.25, 0.3) is 0 Å². The van der Waals surface area contributed by atoms with E-state index in [1.54, 1.807) is 25.3 Å². The second-order valence-electron chi connectivity index (χ2n) is 8.82. The van der Waals surface area contributed by atoms with Crippen molar-refractivity contribution >= 4 is 23.6 Å². The number of amides is 2. The molecule has 0 bridgehead atoms. The lowest BCUT2D eigenvalue weighted by Crippen LogP contribution is -2.52. The second kappa shape index (κ2) is 13.7. The summed E-state index contributed by atoms with van der Waals surface area (Å²) in [6, 6.07) is 22.8. The number of rotatable bonds is 12. The quantitative estimate of drug-likeness (QED) is 0.364. The molecule has 3 aromatic rings. The number of ether oxygens (including phenoxy) is 1. The van der Waals surface area contributed by atoms with Gasteiger partial charge in [-0.2, -0.15) is 0 Å². The molecule has 1 N–H and O–H groups in total. The molecule has 5 nitrogen and oxygen atoms in total. The Bertz CT molecular complexity index is 1120. The van der Waals surface area contributed by atoms with Gasteiger partial charge in [-0.1, -0.05) is 60.7 Å². The average molecular weight is 509 g/mol. The Balaban J connectivity index is 1.83. The number of hydrogen-bond donors (Lipinski definition) is 1. The topological polar surface area (TPSA) is 58.6 Å². The maximum atomic E-state index is 14.6. The zero-order valence-corrected chi connectivity index (χ0v) is 21.8. The highest BCUT2D eigenvalue weighted by Crippen LogP contribution is 2.21. The van der Waals surface area contributed by atoms with Crippen LogP contribution in [0.15, 0.2) is 78.9 Å². The van der Waals surface area contributed by atoms with Gasteiger partial charge in [-0.05, 0) is 43.2 Å². The minimum Gasteiger partial charge on any atom is -0.497 e. The molecule has 0 aliphatic carbocycles. The molecule has 0 aliphatic rings. The van der Waals surface area contributed by atoms with Gasteiger partial charge in [-0.25, -0.2) is 4.39 Å². The predicted molar refractivity (Wildman–Crippen MR) is 143 cm³/mol. The number of benzene rings is 3. The summed E-state index contributed by atoms with van der Waals surface area (Å²) in [4.78, 5) is 28.4. The summed E-state index contributed by atoms with van der Waals surface area (Å²) in [6.07, 6.45) is 0.336. The van der Waals surface area contributed by atoms with E-state index in [1.165, 1.54) is 22.7 Å². The molecule has 0 saturated carbocycles. The Morgan fingerprint density at radius 3 is 2.25 bits per heavy atom. The lowest BCUT2D eigenvalue weighted by atomic mass is 10.0. The van der Waals surface area contributed by atoms with Crippen LogP contribution >= 0.6 is 11.8 Å². The Kier molecular flexibility index (Phi) is 10.4. The Morgan fingerprint density at radius 1 is 0.944 bits per heavy atom. The van der Waals surface area contributed by atoms with Crippen LogP contribution in [-0.2, 0) is 28.3 Å². The molecule has 0 aliphatic heterocycles. The highest BCUT2D eigenvalue weighted by Gasteiger charge is 2.31. The molecule has 1 unspecified atom stereocenters. The van der Waals surface area contributed by atoms with Gasteiger partial charge in [0, 0.05) is 30.3 Å². The van der Waals surface area contributed by atoms with Gasteiger partial charge in [0.05, 0.1) is 12.9 Å². The Morgan fingerprint density at radius 2 is 1.61 bits per heavy atom. The number of thioether (sulfide) groups is 1. The van der Waals surface area contributed by atoms with E-state index < -0.39 is 11.9 Å². The molecule has 190 valence electrons.